The van der Waals surface area contributed by atoms with Crippen molar-refractivity contribution in [2.75, 3.05) is 13.2 Å². The van der Waals surface area contributed by atoms with Gasteiger partial charge in [-0.15, -0.1) is 0 Å². The molecule has 6 nitrogen and oxygen atoms in total. The lowest BCUT2D eigenvalue weighted by Crippen LogP contribution is -2.30. The van der Waals surface area contributed by atoms with Crippen LogP contribution in [-0.2, 0) is 28.6 Å². The Kier molecular flexibility index (Phi) is 35.0. The summed E-state index contributed by atoms with van der Waals surface area (Å²) in [5.74, 6) is 0.651. The van der Waals surface area contributed by atoms with E-state index in [1.165, 1.54) is 116 Å². The molecule has 0 unspecified atom stereocenters. The van der Waals surface area contributed by atoms with E-state index in [2.05, 4.69) is 34.6 Å². The van der Waals surface area contributed by atoms with Gasteiger partial charge in [0.25, 0.3) is 0 Å². The fraction of sp³-hybridized carbons (Fsp3) is 0.930. The van der Waals surface area contributed by atoms with E-state index in [1.807, 2.05) is 0 Å². The lowest BCUT2D eigenvalue weighted by Gasteiger charge is -2.18. The first-order valence-corrected chi connectivity index (χ1v) is 21.2. The quantitative estimate of drug-likeness (QED) is 0.0366. The number of esters is 3. The van der Waals surface area contributed by atoms with Crippen LogP contribution in [-0.4, -0.2) is 37.2 Å². The first-order valence-electron chi connectivity index (χ1n) is 21.2. The van der Waals surface area contributed by atoms with Gasteiger partial charge in [0.05, 0.1) is 0 Å². The molecule has 0 bridgehead atoms. The van der Waals surface area contributed by atoms with Crippen LogP contribution in [0.5, 0.6) is 0 Å². The van der Waals surface area contributed by atoms with Crippen LogP contribution < -0.4 is 0 Å². The van der Waals surface area contributed by atoms with Gasteiger partial charge in [0, 0.05) is 19.3 Å². The topological polar surface area (TPSA) is 78.9 Å². The summed E-state index contributed by atoms with van der Waals surface area (Å²) in [6, 6.07) is 0. The monoisotopic (exact) mass is 695 g/mol. The normalized spacial score (nSPS) is 12.1. The number of hydrogen-bond donors (Lipinski definition) is 0. The van der Waals surface area contributed by atoms with Crippen molar-refractivity contribution < 1.29 is 28.6 Å². The van der Waals surface area contributed by atoms with Crippen molar-refractivity contribution in [3.05, 3.63) is 0 Å². The lowest BCUT2D eigenvalue weighted by molar-refractivity contribution is -0.167. The van der Waals surface area contributed by atoms with Gasteiger partial charge in [-0.05, 0) is 31.1 Å². The predicted octanol–water partition coefficient (Wildman–Crippen LogP) is 13.0. The molecule has 0 aromatic rings. The maximum absolute atomic E-state index is 12.6. The summed E-state index contributed by atoms with van der Waals surface area (Å²) in [6.45, 7) is 11.2. The van der Waals surface area contributed by atoms with E-state index >= 15 is 0 Å². The number of ether oxygens (including phenoxy) is 3. The SMILES string of the molecule is CCCCCCCCCCCCCCCC(=O)OC[C@@H](COC(=O)CCCCCCCCC(C)C)OC(=O)CCCCCCCCC(C)C. The van der Waals surface area contributed by atoms with Gasteiger partial charge >= 0.3 is 17.9 Å². The second-order valence-corrected chi connectivity index (χ2v) is 15.6. The molecule has 1 atom stereocenters. The minimum absolute atomic E-state index is 0.0669. The van der Waals surface area contributed by atoms with E-state index in [1.54, 1.807) is 0 Å². The van der Waals surface area contributed by atoms with Gasteiger partial charge in [-0.3, -0.25) is 14.4 Å². The average Bonchev–Trinajstić information content (AvgIpc) is 3.06. The van der Waals surface area contributed by atoms with Crippen LogP contribution in [0.4, 0.5) is 0 Å². The number of hydrogen-bond acceptors (Lipinski definition) is 6. The van der Waals surface area contributed by atoms with Gasteiger partial charge in [0.15, 0.2) is 6.10 Å². The van der Waals surface area contributed by atoms with Gasteiger partial charge in [-0.1, -0.05) is 189 Å². The molecule has 0 rings (SSSR count). The summed E-state index contributed by atoms with van der Waals surface area (Å²) < 4.78 is 16.6. The van der Waals surface area contributed by atoms with Crippen molar-refractivity contribution in [3.63, 3.8) is 0 Å². The third-order valence-electron chi connectivity index (χ3n) is 9.47. The van der Waals surface area contributed by atoms with Crippen LogP contribution in [0.1, 0.15) is 227 Å². The standard InChI is InChI=1S/C43H82O6/c1-6-7-8-9-10-11-12-13-14-15-16-23-28-33-41(44)47-36-40(49-43(46)35-30-25-20-18-22-27-32-39(4)5)37-48-42(45)34-29-24-19-17-21-26-31-38(2)3/h38-40H,6-37H2,1-5H3/t40-/m0/s1. The molecule has 0 aliphatic carbocycles. The molecule has 0 heterocycles. The molecule has 0 saturated carbocycles. The summed E-state index contributed by atoms with van der Waals surface area (Å²) in [4.78, 5) is 37.5. The molecule has 290 valence electrons. The fourth-order valence-electron chi connectivity index (χ4n) is 6.22. The molecule has 0 fully saturated rings. The van der Waals surface area contributed by atoms with E-state index in [0.29, 0.717) is 19.3 Å². The average molecular weight is 695 g/mol. The first kappa shape index (κ1) is 47.4. The van der Waals surface area contributed by atoms with Crippen LogP contribution in [0.2, 0.25) is 0 Å². The molecular weight excluding hydrogens is 612 g/mol. The van der Waals surface area contributed by atoms with Crippen LogP contribution >= 0.6 is 0 Å². The van der Waals surface area contributed by atoms with Crippen LogP contribution in [0.25, 0.3) is 0 Å². The Balaban J connectivity index is 4.32. The van der Waals surface area contributed by atoms with Crippen molar-refractivity contribution in [3.8, 4) is 0 Å². The Morgan fingerprint density at radius 1 is 0.388 bits per heavy atom. The zero-order chi connectivity index (χ0) is 36.2. The molecule has 6 heteroatoms. The molecule has 0 amide bonds. The van der Waals surface area contributed by atoms with Crippen molar-refractivity contribution >= 4 is 17.9 Å². The molecular formula is C43H82O6. The van der Waals surface area contributed by atoms with Gasteiger partial charge in [-0.2, -0.15) is 0 Å². The number of carbonyl (C=O) groups is 3. The summed E-state index contributed by atoms with van der Waals surface area (Å²) in [6.07, 6.45) is 32.6. The summed E-state index contributed by atoms with van der Waals surface area (Å²) in [5, 5.41) is 0. The molecule has 49 heavy (non-hydrogen) atoms. The predicted molar refractivity (Wildman–Crippen MR) is 206 cm³/mol. The smallest absolute Gasteiger partial charge is 0.306 e. The van der Waals surface area contributed by atoms with Gasteiger partial charge < -0.3 is 14.2 Å². The molecule has 0 aromatic carbocycles. The Hall–Kier alpha value is -1.59. The second kappa shape index (κ2) is 36.2. The molecule has 0 aliphatic rings. The Morgan fingerprint density at radius 3 is 1.00 bits per heavy atom. The lowest BCUT2D eigenvalue weighted by atomic mass is 10.0. The molecule has 0 saturated heterocycles. The maximum Gasteiger partial charge on any atom is 0.306 e. The molecule has 0 radical (unpaired) electrons. The Bertz CT molecular complexity index is 749. The van der Waals surface area contributed by atoms with E-state index in [-0.39, 0.29) is 31.1 Å². The van der Waals surface area contributed by atoms with Crippen molar-refractivity contribution in [2.45, 2.75) is 233 Å². The zero-order valence-corrected chi connectivity index (χ0v) is 33.3. The highest BCUT2D eigenvalue weighted by Gasteiger charge is 2.19. The summed E-state index contributed by atoms with van der Waals surface area (Å²) in [7, 11) is 0. The number of rotatable bonds is 37. The molecule has 0 aromatic heterocycles. The van der Waals surface area contributed by atoms with Crippen molar-refractivity contribution in [1.82, 2.24) is 0 Å². The molecule has 0 N–H and O–H groups in total. The Labute approximate surface area is 304 Å². The van der Waals surface area contributed by atoms with Crippen molar-refractivity contribution in [1.29, 1.82) is 0 Å². The first-order chi connectivity index (χ1) is 23.7. The largest absolute Gasteiger partial charge is 0.462 e. The number of unbranched alkanes of at least 4 members (excludes halogenated alkanes) is 22. The highest BCUT2D eigenvalue weighted by Crippen LogP contribution is 2.16. The van der Waals surface area contributed by atoms with E-state index in [4.69, 9.17) is 14.2 Å². The van der Waals surface area contributed by atoms with Crippen molar-refractivity contribution in [2.24, 2.45) is 11.8 Å². The highest BCUT2D eigenvalue weighted by atomic mass is 16.6. The minimum atomic E-state index is -0.760. The van der Waals surface area contributed by atoms with Gasteiger partial charge in [-0.25, -0.2) is 0 Å². The van der Waals surface area contributed by atoms with Crippen LogP contribution in [0, 0.1) is 11.8 Å². The zero-order valence-electron chi connectivity index (χ0n) is 33.3. The van der Waals surface area contributed by atoms with E-state index in [9.17, 15) is 14.4 Å². The summed E-state index contributed by atoms with van der Waals surface area (Å²) in [5.41, 5.74) is 0. The Morgan fingerprint density at radius 2 is 0.673 bits per heavy atom. The third-order valence-corrected chi connectivity index (χ3v) is 9.47. The molecule has 0 spiro atoms. The fourth-order valence-corrected chi connectivity index (χ4v) is 6.22. The maximum atomic E-state index is 12.6. The van der Waals surface area contributed by atoms with Gasteiger partial charge in [0.2, 0.25) is 0 Å². The third kappa shape index (κ3) is 37.5. The summed E-state index contributed by atoms with van der Waals surface area (Å²) >= 11 is 0. The molecule has 0 aliphatic heterocycles. The van der Waals surface area contributed by atoms with E-state index < -0.39 is 6.10 Å². The van der Waals surface area contributed by atoms with Crippen LogP contribution in [0.3, 0.4) is 0 Å². The van der Waals surface area contributed by atoms with E-state index in [0.717, 1.165) is 69.6 Å². The highest BCUT2D eigenvalue weighted by molar-refractivity contribution is 5.71. The van der Waals surface area contributed by atoms with Crippen LogP contribution in [0.15, 0.2) is 0 Å². The number of carbonyl (C=O) groups excluding carboxylic acids is 3. The second-order valence-electron chi connectivity index (χ2n) is 15.6. The minimum Gasteiger partial charge on any atom is -0.462 e. The van der Waals surface area contributed by atoms with Gasteiger partial charge in [0.1, 0.15) is 13.2 Å².